The van der Waals surface area contributed by atoms with Crippen molar-refractivity contribution in [1.29, 1.82) is 0 Å². The highest BCUT2D eigenvalue weighted by Crippen LogP contribution is 2.17. The molecule has 23 heavy (non-hydrogen) atoms. The van der Waals surface area contributed by atoms with Crippen molar-refractivity contribution in [2.45, 2.75) is 44.3 Å². The summed E-state index contributed by atoms with van der Waals surface area (Å²) in [5.74, 6) is 0.314. The number of aromatic nitrogens is 4. The van der Waals surface area contributed by atoms with Crippen LogP contribution in [0.25, 0.3) is 0 Å². The normalized spacial score (nSPS) is 11.6. The highest BCUT2D eigenvalue weighted by Gasteiger charge is 2.25. The van der Waals surface area contributed by atoms with Gasteiger partial charge in [0.25, 0.3) is 0 Å². The van der Waals surface area contributed by atoms with Gasteiger partial charge in [0.1, 0.15) is 12.4 Å². The Hall–Kier alpha value is -2.00. The van der Waals surface area contributed by atoms with E-state index in [0.29, 0.717) is 31.1 Å². The topological polar surface area (TPSA) is 107 Å². The number of nitrogens with zero attached hydrogens (tertiary/aromatic N) is 4. The Kier molecular flexibility index (Phi) is 5.67. The van der Waals surface area contributed by atoms with Crippen LogP contribution in [-0.2, 0) is 28.7 Å². The van der Waals surface area contributed by atoms with E-state index in [2.05, 4.69) is 15.2 Å². The van der Waals surface area contributed by atoms with Gasteiger partial charge >= 0.3 is 0 Å². The van der Waals surface area contributed by atoms with Crippen molar-refractivity contribution >= 4 is 9.84 Å². The van der Waals surface area contributed by atoms with Crippen LogP contribution in [0.3, 0.4) is 0 Å². The van der Waals surface area contributed by atoms with Gasteiger partial charge in [-0.15, -0.1) is 10.2 Å². The summed E-state index contributed by atoms with van der Waals surface area (Å²) in [6.07, 6.45) is 0.700. The van der Waals surface area contributed by atoms with Crippen molar-refractivity contribution in [1.82, 2.24) is 19.7 Å². The fraction of sp³-hybridized carbons (Fsp3) is 0.500. The van der Waals surface area contributed by atoms with E-state index in [0.717, 1.165) is 0 Å². The lowest BCUT2D eigenvalue weighted by Crippen LogP contribution is -2.15. The van der Waals surface area contributed by atoms with Crippen molar-refractivity contribution in [3.8, 4) is 5.88 Å². The van der Waals surface area contributed by atoms with Crippen LogP contribution in [-0.4, -0.2) is 39.9 Å². The maximum absolute atomic E-state index is 12.6. The molecule has 0 aliphatic rings. The van der Waals surface area contributed by atoms with Crippen molar-refractivity contribution in [3.63, 3.8) is 0 Å². The summed E-state index contributed by atoms with van der Waals surface area (Å²) in [5, 5.41) is 16.6. The first-order valence-electron chi connectivity index (χ1n) is 7.36. The molecule has 1 N–H and O–H groups in total. The van der Waals surface area contributed by atoms with Gasteiger partial charge in [0.2, 0.25) is 20.9 Å². The van der Waals surface area contributed by atoms with Crippen molar-refractivity contribution in [3.05, 3.63) is 29.7 Å². The zero-order chi connectivity index (χ0) is 16.9. The molecular formula is C14H20N4O4S. The third kappa shape index (κ3) is 4.05. The van der Waals surface area contributed by atoms with E-state index in [1.165, 1.54) is 4.57 Å². The zero-order valence-corrected chi connectivity index (χ0v) is 14.0. The Morgan fingerprint density at radius 1 is 1.26 bits per heavy atom. The second-order valence-corrected chi connectivity index (χ2v) is 6.75. The molecular weight excluding hydrogens is 320 g/mol. The van der Waals surface area contributed by atoms with E-state index < -0.39 is 9.84 Å². The Bertz CT molecular complexity index is 758. The van der Waals surface area contributed by atoms with Gasteiger partial charge < -0.3 is 9.84 Å². The molecule has 2 aromatic heterocycles. The molecule has 0 aliphatic carbocycles. The fourth-order valence-corrected chi connectivity index (χ4v) is 3.52. The number of rotatable bonds is 8. The van der Waals surface area contributed by atoms with Gasteiger partial charge in [-0.2, -0.15) is 0 Å². The Balaban J connectivity index is 2.32. The first-order valence-corrected chi connectivity index (χ1v) is 9.01. The minimum atomic E-state index is -3.73. The Morgan fingerprint density at radius 3 is 2.70 bits per heavy atom. The van der Waals surface area contributed by atoms with Crippen LogP contribution in [0.5, 0.6) is 5.88 Å². The van der Waals surface area contributed by atoms with Gasteiger partial charge in [-0.1, -0.05) is 13.0 Å². The SMILES string of the molecule is CCCn1c(CO)nnc1S(=O)(=O)Cc1cccc(OCC)n1. The second-order valence-electron chi connectivity index (χ2n) is 4.87. The molecule has 0 unspecified atom stereocenters. The van der Waals surface area contributed by atoms with Gasteiger partial charge in [0, 0.05) is 12.6 Å². The van der Waals surface area contributed by atoms with E-state index in [-0.39, 0.29) is 23.3 Å². The summed E-state index contributed by atoms with van der Waals surface area (Å²) in [5.41, 5.74) is 0.368. The summed E-state index contributed by atoms with van der Waals surface area (Å²) >= 11 is 0. The van der Waals surface area contributed by atoms with Gasteiger partial charge in [0.05, 0.1) is 12.3 Å². The fourth-order valence-electron chi connectivity index (χ4n) is 2.14. The van der Waals surface area contributed by atoms with E-state index in [1.807, 2.05) is 13.8 Å². The molecule has 0 radical (unpaired) electrons. The number of aliphatic hydroxyl groups is 1. The number of ether oxygens (including phenoxy) is 1. The smallest absolute Gasteiger partial charge is 0.250 e. The molecule has 126 valence electrons. The predicted molar refractivity (Wildman–Crippen MR) is 82.5 cm³/mol. The quantitative estimate of drug-likeness (QED) is 0.762. The third-order valence-corrected chi connectivity index (χ3v) is 4.61. The van der Waals surface area contributed by atoms with Crippen molar-refractivity contribution in [2.24, 2.45) is 0 Å². The van der Waals surface area contributed by atoms with Crippen molar-refractivity contribution in [2.75, 3.05) is 6.61 Å². The molecule has 0 amide bonds. The lowest BCUT2D eigenvalue weighted by atomic mass is 10.4. The Labute approximate surface area is 135 Å². The average molecular weight is 340 g/mol. The molecule has 0 spiro atoms. The van der Waals surface area contributed by atoms with E-state index in [9.17, 15) is 13.5 Å². The number of sulfone groups is 1. The first kappa shape index (κ1) is 17.4. The molecule has 0 aromatic carbocycles. The first-order chi connectivity index (χ1) is 11.0. The molecule has 0 aliphatic heterocycles. The van der Waals surface area contributed by atoms with Crippen LogP contribution < -0.4 is 4.74 Å². The predicted octanol–water partition coefficient (Wildman–Crippen LogP) is 0.948. The van der Waals surface area contributed by atoms with E-state index in [4.69, 9.17) is 4.74 Å². The second kappa shape index (κ2) is 7.51. The standard InChI is InChI=1S/C14H20N4O4S/c1-3-8-18-12(9-19)16-17-14(18)23(20,21)10-11-6-5-7-13(15-11)22-4-2/h5-7,19H,3-4,8-10H2,1-2H3. The maximum atomic E-state index is 12.6. The lowest BCUT2D eigenvalue weighted by Gasteiger charge is -2.09. The summed E-state index contributed by atoms with van der Waals surface area (Å²) in [6.45, 7) is 4.25. The molecule has 0 fully saturated rings. The Morgan fingerprint density at radius 2 is 2.04 bits per heavy atom. The molecule has 0 bridgehead atoms. The van der Waals surface area contributed by atoms with Gasteiger partial charge in [0.15, 0.2) is 5.82 Å². The van der Waals surface area contributed by atoms with Crippen molar-refractivity contribution < 1.29 is 18.3 Å². The molecule has 0 atom stereocenters. The number of hydrogen-bond acceptors (Lipinski definition) is 7. The number of pyridine rings is 1. The summed E-state index contributed by atoms with van der Waals surface area (Å²) in [7, 11) is -3.73. The largest absolute Gasteiger partial charge is 0.478 e. The number of hydrogen-bond donors (Lipinski definition) is 1. The molecule has 0 saturated carbocycles. The van der Waals surface area contributed by atoms with Crippen LogP contribution in [0.1, 0.15) is 31.8 Å². The molecule has 9 heteroatoms. The van der Waals surface area contributed by atoms with E-state index >= 15 is 0 Å². The summed E-state index contributed by atoms with van der Waals surface area (Å²) in [6, 6.07) is 4.98. The van der Waals surface area contributed by atoms with Crippen LogP contribution in [0.2, 0.25) is 0 Å². The minimum absolute atomic E-state index is 0.146. The van der Waals surface area contributed by atoms with Crippen LogP contribution in [0, 0.1) is 0 Å². The van der Waals surface area contributed by atoms with E-state index in [1.54, 1.807) is 18.2 Å². The highest BCUT2D eigenvalue weighted by atomic mass is 32.2. The molecule has 2 heterocycles. The summed E-state index contributed by atoms with van der Waals surface area (Å²) in [4.78, 5) is 4.17. The van der Waals surface area contributed by atoms with Crippen LogP contribution in [0.15, 0.2) is 23.4 Å². The average Bonchev–Trinajstić information content (AvgIpc) is 2.92. The minimum Gasteiger partial charge on any atom is -0.478 e. The lowest BCUT2D eigenvalue weighted by molar-refractivity contribution is 0.263. The van der Waals surface area contributed by atoms with Crippen LogP contribution in [0.4, 0.5) is 0 Å². The maximum Gasteiger partial charge on any atom is 0.250 e. The van der Waals surface area contributed by atoms with Gasteiger partial charge in [-0.3, -0.25) is 4.57 Å². The summed E-state index contributed by atoms with van der Waals surface area (Å²) < 4.78 is 31.9. The monoisotopic (exact) mass is 340 g/mol. The van der Waals surface area contributed by atoms with Crippen LogP contribution >= 0.6 is 0 Å². The van der Waals surface area contributed by atoms with Gasteiger partial charge in [-0.05, 0) is 19.4 Å². The zero-order valence-electron chi connectivity index (χ0n) is 13.1. The molecule has 2 aromatic rings. The molecule has 0 saturated heterocycles. The molecule has 8 nitrogen and oxygen atoms in total. The molecule has 2 rings (SSSR count). The number of aliphatic hydroxyl groups excluding tert-OH is 1. The highest BCUT2D eigenvalue weighted by molar-refractivity contribution is 7.90. The van der Waals surface area contributed by atoms with Gasteiger partial charge in [-0.25, -0.2) is 13.4 Å². The third-order valence-electron chi connectivity index (χ3n) is 3.07.